The van der Waals surface area contributed by atoms with Crippen LogP contribution in [0.5, 0.6) is 0 Å². The van der Waals surface area contributed by atoms with E-state index in [2.05, 4.69) is 15.5 Å². The fourth-order valence-electron chi connectivity index (χ4n) is 4.61. The summed E-state index contributed by atoms with van der Waals surface area (Å²) in [6, 6.07) is 21.1. The molecule has 0 radical (unpaired) electrons. The van der Waals surface area contributed by atoms with Gasteiger partial charge in [0.25, 0.3) is 0 Å². The van der Waals surface area contributed by atoms with Crippen LogP contribution in [0.3, 0.4) is 0 Å². The largest absolute Gasteiger partial charge is 0.368 e. The molecule has 0 unspecified atom stereocenters. The molecule has 1 aliphatic heterocycles. The highest BCUT2D eigenvalue weighted by Crippen LogP contribution is 2.21. The van der Waals surface area contributed by atoms with Gasteiger partial charge in [0.2, 0.25) is 11.8 Å². The summed E-state index contributed by atoms with van der Waals surface area (Å²) in [4.78, 5) is 43.7. The maximum Gasteiger partial charge on any atom is 0.321 e. The van der Waals surface area contributed by atoms with Crippen LogP contribution < -0.4 is 15.5 Å². The summed E-state index contributed by atoms with van der Waals surface area (Å²) in [6.07, 6.45) is 0. The fourth-order valence-corrected chi connectivity index (χ4v) is 4.61. The second kappa shape index (κ2) is 13.1. The van der Waals surface area contributed by atoms with Crippen molar-refractivity contribution in [2.75, 3.05) is 48.3 Å². The van der Waals surface area contributed by atoms with Gasteiger partial charge in [0.05, 0.1) is 0 Å². The van der Waals surface area contributed by atoms with E-state index in [0.717, 1.165) is 22.5 Å². The van der Waals surface area contributed by atoms with Gasteiger partial charge in [-0.05, 0) is 66.6 Å². The second-order valence-corrected chi connectivity index (χ2v) is 10.3. The molecule has 1 saturated heterocycles. The van der Waals surface area contributed by atoms with Gasteiger partial charge in [-0.1, -0.05) is 38.1 Å². The maximum absolute atomic E-state index is 13.3. The quantitative estimate of drug-likeness (QED) is 0.412. The lowest BCUT2D eigenvalue weighted by Crippen LogP contribution is -2.50. The topological polar surface area (TPSA) is 85.0 Å². The van der Waals surface area contributed by atoms with Crippen molar-refractivity contribution < 1.29 is 18.8 Å². The Morgan fingerprint density at radius 1 is 0.875 bits per heavy atom. The fraction of sp³-hybridized carbons (Fsp3) is 0.323. The average Bonchev–Trinajstić information content (AvgIpc) is 2.94. The van der Waals surface area contributed by atoms with E-state index in [0.29, 0.717) is 31.9 Å². The number of carbonyl (C=O) groups excluding carboxylic acids is 3. The molecular weight excluding hydrogens is 509 g/mol. The number of aryl methyl sites for hydroxylation is 1. The summed E-state index contributed by atoms with van der Waals surface area (Å²) in [7, 11) is 0. The molecular formula is C31H36FN5O3. The Morgan fingerprint density at radius 3 is 2.17 bits per heavy atom. The number of piperazine rings is 1. The summed E-state index contributed by atoms with van der Waals surface area (Å²) >= 11 is 0. The molecule has 2 N–H and O–H groups in total. The molecule has 40 heavy (non-hydrogen) atoms. The smallest absolute Gasteiger partial charge is 0.321 e. The molecule has 0 atom stereocenters. The molecule has 3 aromatic carbocycles. The summed E-state index contributed by atoms with van der Waals surface area (Å²) < 4.78 is 13.3. The molecule has 9 heteroatoms. The molecule has 4 amide bonds. The Labute approximate surface area is 234 Å². The molecule has 1 aliphatic rings. The Morgan fingerprint density at radius 2 is 1.55 bits per heavy atom. The average molecular weight is 546 g/mol. The van der Waals surface area contributed by atoms with E-state index in [4.69, 9.17) is 0 Å². The van der Waals surface area contributed by atoms with E-state index in [-0.39, 0.29) is 42.7 Å². The van der Waals surface area contributed by atoms with Gasteiger partial charge in [0.1, 0.15) is 12.4 Å². The Balaban J connectivity index is 1.28. The molecule has 210 valence electrons. The van der Waals surface area contributed by atoms with Gasteiger partial charge >= 0.3 is 6.03 Å². The van der Waals surface area contributed by atoms with Crippen molar-refractivity contribution in [1.29, 1.82) is 0 Å². The van der Waals surface area contributed by atoms with E-state index < -0.39 is 0 Å². The third-order valence-electron chi connectivity index (χ3n) is 6.78. The van der Waals surface area contributed by atoms with Crippen LogP contribution in [0.1, 0.15) is 25.0 Å². The van der Waals surface area contributed by atoms with Gasteiger partial charge in [-0.2, -0.15) is 0 Å². The third kappa shape index (κ3) is 7.81. The lowest BCUT2D eigenvalue weighted by atomic mass is 10.1. The maximum atomic E-state index is 13.3. The Kier molecular flexibility index (Phi) is 9.37. The van der Waals surface area contributed by atoms with Gasteiger partial charge in [-0.25, -0.2) is 9.18 Å². The van der Waals surface area contributed by atoms with Crippen LogP contribution in [0.15, 0.2) is 72.8 Å². The third-order valence-corrected chi connectivity index (χ3v) is 6.78. The van der Waals surface area contributed by atoms with E-state index >= 15 is 0 Å². The highest BCUT2D eigenvalue weighted by Gasteiger charge is 2.22. The number of rotatable bonds is 8. The minimum Gasteiger partial charge on any atom is -0.368 e. The zero-order valence-electron chi connectivity index (χ0n) is 23.2. The van der Waals surface area contributed by atoms with E-state index in [1.165, 1.54) is 17.0 Å². The Hall–Kier alpha value is -4.40. The van der Waals surface area contributed by atoms with Crippen LogP contribution in [0, 0.1) is 18.7 Å². The van der Waals surface area contributed by atoms with Gasteiger partial charge in [-0.3, -0.25) is 9.59 Å². The molecule has 8 nitrogen and oxygen atoms in total. The minimum atomic E-state index is -0.350. The van der Waals surface area contributed by atoms with Gasteiger partial charge < -0.3 is 25.3 Å². The zero-order valence-corrected chi connectivity index (χ0v) is 23.2. The van der Waals surface area contributed by atoms with Crippen molar-refractivity contribution >= 4 is 34.9 Å². The van der Waals surface area contributed by atoms with Crippen molar-refractivity contribution in [1.82, 2.24) is 9.80 Å². The van der Waals surface area contributed by atoms with Crippen LogP contribution in [0.2, 0.25) is 0 Å². The summed E-state index contributed by atoms with van der Waals surface area (Å²) in [5.74, 6) is -1.09. The number of amides is 4. The predicted molar refractivity (Wildman–Crippen MR) is 156 cm³/mol. The number of hydrogen-bond acceptors (Lipinski definition) is 4. The molecule has 0 aliphatic carbocycles. The van der Waals surface area contributed by atoms with Crippen molar-refractivity contribution in [2.45, 2.75) is 27.3 Å². The van der Waals surface area contributed by atoms with Crippen molar-refractivity contribution in [3.05, 3.63) is 89.7 Å². The summed E-state index contributed by atoms with van der Waals surface area (Å²) in [6.45, 7) is 8.27. The lowest BCUT2D eigenvalue weighted by Gasteiger charge is -2.36. The molecule has 0 spiro atoms. The zero-order chi connectivity index (χ0) is 28.6. The number of benzene rings is 3. The molecule has 0 aromatic heterocycles. The van der Waals surface area contributed by atoms with Crippen LogP contribution in [-0.4, -0.2) is 60.4 Å². The number of halogens is 1. The number of urea groups is 1. The second-order valence-electron chi connectivity index (χ2n) is 10.3. The molecule has 0 saturated carbocycles. The molecule has 3 aromatic rings. The van der Waals surface area contributed by atoms with Gasteiger partial charge in [0, 0.05) is 55.7 Å². The van der Waals surface area contributed by atoms with Gasteiger partial charge in [0.15, 0.2) is 0 Å². The monoisotopic (exact) mass is 545 g/mol. The standard InChI is InChI=1S/C31H36FN5O3/c1-22(2)30(39)37(20-24-7-9-25(32)10-8-24)21-29(38)33-26-11-13-28(14-12-26)35-15-17-36(18-16-35)31(40)34-27-6-4-5-23(3)19-27/h4-14,19,22H,15-18,20-21H2,1-3H3,(H,33,38)(H,34,40). The highest BCUT2D eigenvalue weighted by atomic mass is 19.1. The SMILES string of the molecule is Cc1cccc(NC(=O)N2CCN(c3ccc(NC(=O)CN(Cc4ccc(F)cc4)C(=O)C(C)C)cc3)CC2)c1. The lowest BCUT2D eigenvalue weighted by molar-refractivity contribution is -0.138. The van der Waals surface area contributed by atoms with Crippen molar-refractivity contribution in [2.24, 2.45) is 5.92 Å². The summed E-state index contributed by atoms with van der Waals surface area (Å²) in [5.41, 5.74) is 4.26. The molecule has 4 rings (SSSR count). The normalized spacial score (nSPS) is 13.2. The highest BCUT2D eigenvalue weighted by molar-refractivity contribution is 5.95. The van der Waals surface area contributed by atoms with E-state index in [9.17, 15) is 18.8 Å². The van der Waals surface area contributed by atoms with Crippen LogP contribution in [0.25, 0.3) is 0 Å². The Bertz CT molecular complexity index is 1320. The van der Waals surface area contributed by atoms with Crippen LogP contribution in [0.4, 0.5) is 26.2 Å². The van der Waals surface area contributed by atoms with Gasteiger partial charge in [-0.15, -0.1) is 0 Å². The number of nitrogens with one attached hydrogen (secondary N) is 2. The molecule has 1 fully saturated rings. The van der Waals surface area contributed by atoms with E-state index in [1.54, 1.807) is 26.0 Å². The molecule has 1 heterocycles. The van der Waals surface area contributed by atoms with Crippen molar-refractivity contribution in [3.8, 4) is 0 Å². The van der Waals surface area contributed by atoms with Crippen LogP contribution >= 0.6 is 0 Å². The first kappa shape index (κ1) is 28.6. The first-order chi connectivity index (χ1) is 19.2. The first-order valence-electron chi connectivity index (χ1n) is 13.5. The first-order valence-corrected chi connectivity index (χ1v) is 13.5. The number of hydrogen-bond donors (Lipinski definition) is 2. The predicted octanol–water partition coefficient (Wildman–Crippen LogP) is 5.11. The summed E-state index contributed by atoms with van der Waals surface area (Å²) in [5, 5.41) is 5.83. The number of carbonyl (C=O) groups is 3. The number of nitrogens with zero attached hydrogens (tertiary/aromatic N) is 3. The minimum absolute atomic E-state index is 0.104. The van der Waals surface area contributed by atoms with Crippen LogP contribution in [-0.2, 0) is 16.1 Å². The van der Waals surface area contributed by atoms with Crippen molar-refractivity contribution in [3.63, 3.8) is 0 Å². The molecule has 0 bridgehead atoms. The number of anilines is 3. The van der Waals surface area contributed by atoms with E-state index in [1.807, 2.05) is 60.4 Å².